The lowest BCUT2D eigenvalue weighted by atomic mass is 10.2. The quantitative estimate of drug-likeness (QED) is 0.223. The average molecular weight is 538 g/mol. The zero-order chi connectivity index (χ0) is 26.6. The molecule has 194 valence electrons. The molecule has 12 heteroatoms. The van der Waals surface area contributed by atoms with Crippen LogP contribution in [0.25, 0.3) is 28.5 Å². The highest BCUT2D eigenvalue weighted by molar-refractivity contribution is 7.98. The number of hydrogen-bond acceptors (Lipinski definition) is 9. The van der Waals surface area contributed by atoms with Gasteiger partial charge in [-0.3, -0.25) is 4.57 Å². The van der Waals surface area contributed by atoms with Gasteiger partial charge in [-0.1, -0.05) is 42.1 Å². The van der Waals surface area contributed by atoms with E-state index in [4.69, 9.17) is 18.6 Å². The van der Waals surface area contributed by atoms with E-state index in [0.29, 0.717) is 39.7 Å². The number of benzene rings is 3. The van der Waals surface area contributed by atoms with Gasteiger partial charge in [0.1, 0.15) is 11.6 Å². The highest BCUT2D eigenvalue weighted by Gasteiger charge is 2.21. The lowest BCUT2D eigenvalue weighted by molar-refractivity contribution is 0.324. The molecule has 0 amide bonds. The maximum absolute atomic E-state index is 14.8. The summed E-state index contributed by atoms with van der Waals surface area (Å²) < 4.78 is 52.0. The number of hydrogen-bond donors (Lipinski definition) is 0. The minimum absolute atomic E-state index is 0.112. The summed E-state index contributed by atoms with van der Waals surface area (Å²) in [5.41, 5.74) is 1.41. The Labute approximate surface area is 220 Å². The average Bonchev–Trinajstić information content (AvgIpc) is 3.59. The molecule has 0 bridgehead atoms. The van der Waals surface area contributed by atoms with Crippen molar-refractivity contribution in [1.29, 1.82) is 0 Å². The van der Waals surface area contributed by atoms with Gasteiger partial charge in [-0.25, -0.2) is 8.78 Å². The third-order valence-corrected chi connectivity index (χ3v) is 6.43. The highest BCUT2D eigenvalue weighted by Crippen LogP contribution is 2.41. The van der Waals surface area contributed by atoms with E-state index in [1.54, 1.807) is 12.1 Å². The molecule has 5 rings (SSSR count). The number of methoxy groups -OCH3 is 3. The Morgan fingerprint density at radius 3 is 2.21 bits per heavy atom. The summed E-state index contributed by atoms with van der Waals surface area (Å²) in [5.74, 6) is 1.07. The first-order valence-corrected chi connectivity index (χ1v) is 12.2. The summed E-state index contributed by atoms with van der Waals surface area (Å²) >= 11 is 1.22. The molecule has 0 aliphatic rings. The predicted molar refractivity (Wildman–Crippen MR) is 136 cm³/mol. The molecule has 2 heterocycles. The Morgan fingerprint density at radius 2 is 1.55 bits per heavy atom. The molecule has 0 radical (unpaired) electrons. The van der Waals surface area contributed by atoms with Gasteiger partial charge in [0.05, 0.1) is 32.8 Å². The van der Waals surface area contributed by atoms with Crippen molar-refractivity contribution < 1.29 is 27.4 Å². The minimum atomic E-state index is -0.744. The second-order valence-corrected chi connectivity index (χ2v) is 8.75. The van der Waals surface area contributed by atoms with E-state index in [2.05, 4.69) is 20.4 Å². The van der Waals surface area contributed by atoms with Crippen LogP contribution in [0.4, 0.5) is 8.78 Å². The van der Waals surface area contributed by atoms with Gasteiger partial charge in [0.25, 0.3) is 0 Å². The van der Waals surface area contributed by atoms with Crippen molar-refractivity contribution in [3.8, 4) is 45.8 Å². The number of ether oxygens (including phenoxy) is 3. The predicted octanol–water partition coefficient (Wildman–Crippen LogP) is 5.58. The lowest BCUT2D eigenvalue weighted by Gasteiger charge is -2.12. The number of rotatable bonds is 9. The Morgan fingerprint density at radius 1 is 0.816 bits per heavy atom. The zero-order valence-electron chi connectivity index (χ0n) is 20.5. The maximum Gasteiger partial charge on any atom is 0.248 e. The summed E-state index contributed by atoms with van der Waals surface area (Å²) in [5, 5.41) is 17.2. The first-order chi connectivity index (χ1) is 18.5. The van der Waals surface area contributed by atoms with Gasteiger partial charge in [-0.05, 0) is 24.3 Å². The standard InChI is InChI=1S/C26H21F2N5O4S/c1-34-20-11-16(12-21(35-2)23(20)36-3)25-31-29-22(37-25)14-38-26-32-30-24(15-7-5-4-6-8-15)33(26)19-10-9-17(27)13-18(19)28/h4-13H,14H2,1-3H3. The van der Waals surface area contributed by atoms with Crippen LogP contribution < -0.4 is 14.2 Å². The van der Waals surface area contributed by atoms with Crippen molar-refractivity contribution in [2.45, 2.75) is 10.9 Å². The van der Waals surface area contributed by atoms with E-state index in [1.165, 1.54) is 49.8 Å². The summed E-state index contributed by atoms with van der Waals surface area (Å²) in [4.78, 5) is 0. The molecule has 0 fully saturated rings. The number of halogens is 2. The zero-order valence-corrected chi connectivity index (χ0v) is 21.3. The topological polar surface area (TPSA) is 97.3 Å². The molecule has 2 aromatic heterocycles. The van der Waals surface area contributed by atoms with Crippen LogP contribution in [-0.4, -0.2) is 46.3 Å². The van der Waals surface area contributed by atoms with Crippen LogP contribution in [0.15, 0.2) is 70.2 Å². The van der Waals surface area contributed by atoms with Crippen LogP contribution in [0.1, 0.15) is 5.89 Å². The van der Waals surface area contributed by atoms with Crippen LogP contribution >= 0.6 is 11.8 Å². The summed E-state index contributed by atoms with van der Waals surface area (Å²) in [6.45, 7) is 0. The monoisotopic (exact) mass is 537 g/mol. The minimum Gasteiger partial charge on any atom is -0.493 e. The highest BCUT2D eigenvalue weighted by atomic mass is 32.2. The first-order valence-electron chi connectivity index (χ1n) is 11.2. The number of aromatic nitrogens is 5. The molecule has 0 saturated heterocycles. The van der Waals surface area contributed by atoms with E-state index in [0.717, 1.165) is 11.6 Å². The molecule has 3 aromatic carbocycles. The third-order valence-electron chi connectivity index (χ3n) is 5.52. The molecule has 5 aromatic rings. The normalized spacial score (nSPS) is 11.0. The summed E-state index contributed by atoms with van der Waals surface area (Å²) in [7, 11) is 4.54. The van der Waals surface area contributed by atoms with Crippen LogP contribution in [0.5, 0.6) is 17.2 Å². The fourth-order valence-corrected chi connectivity index (χ4v) is 4.56. The van der Waals surface area contributed by atoms with Crippen molar-refractivity contribution in [2.75, 3.05) is 21.3 Å². The van der Waals surface area contributed by atoms with E-state index >= 15 is 0 Å². The SMILES string of the molecule is COc1cc(-c2nnc(CSc3nnc(-c4ccccc4)n3-c3ccc(F)cc3F)o2)cc(OC)c1OC. The number of nitrogens with zero attached hydrogens (tertiary/aromatic N) is 5. The second kappa shape index (κ2) is 10.9. The van der Waals surface area contributed by atoms with E-state index in [9.17, 15) is 8.78 Å². The third kappa shape index (κ3) is 4.90. The van der Waals surface area contributed by atoms with Gasteiger partial charge in [0, 0.05) is 17.2 Å². The van der Waals surface area contributed by atoms with Gasteiger partial charge in [-0.2, -0.15) is 0 Å². The van der Waals surface area contributed by atoms with Crippen LogP contribution in [0.3, 0.4) is 0 Å². The molecule has 38 heavy (non-hydrogen) atoms. The molecule has 0 unspecified atom stereocenters. The van der Waals surface area contributed by atoms with Gasteiger partial charge in [-0.15, -0.1) is 20.4 Å². The largest absolute Gasteiger partial charge is 0.493 e. The van der Waals surface area contributed by atoms with Crippen molar-refractivity contribution in [3.05, 3.63) is 78.2 Å². The van der Waals surface area contributed by atoms with Crippen LogP contribution in [0, 0.1) is 11.6 Å². The van der Waals surface area contributed by atoms with E-state index in [1.807, 2.05) is 30.3 Å². The second-order valence-electron chi connectivity index (χ2n) is 7.81. The Hall–Kier alpha value is -4.45. The molecule has 0 atom stereocenters. The lowest BCUT2D eigenvalue weighted by Crippen LogP contribution is -2.03. The molecule has 0 aliphatic heterocycles. The molecular weight excluding hydrogens is 516 g/mol. The Bertz CT molecular complexity index is 1550. The van der Waals surface area contributed by atoms with Gasteiger partial charge in [0.15, 0.2) is 22.5 Å². The van der Waals surface area contributed by atoms with E-state index < -0.39 is 11.6 Å². The van der Waals surface area contributed by atoms with Gasteiger partial charge < -0.3 is 18.6 Å². The maximum atomic E-state index is 14.8. The molecule has 0 N–H and O–H groups in total. The molecular formula is C26H21F2N5O4S. The van der Waals surface area contributed by atoms with Gasteiger partial charge >= 0.3 is 0 Å². The van der Waals surface area contributed by atoms with Crippen molar-refractivity contribution in [1.82, 2.24) is 25.0 Å². The molecule has 0 spiro atoms. The Kier molecular flexibility index (Phi) is 7.22. The fraction of sp³-hybridized carbons (Fsp3) is 0.154. The van der Waals surface area contributed by atoms with E-state index in [-0.39, 0.29) is 17.3 Å². The summed E-state index contributed by atoms with van der Waals surface area (Å²) in [6, 6.07) is 16.0. The first kappa shape index (κ1) is 25.2. The van der Waals surface area contributed by atoms with Crippen LogP contribution in [0.2, 0.25) is 0 Å². The fourth-order valence-electron chi connectivity index (χ4n) is 3.78. The van der Waals surface area contributed by atoms with Crippen molar-refractivity contribution >= 4 is 11.8 Å². The van der Waals surface area contributed by atoms with Gasteiger partial charge in [0.2, 0.25) is 17.5 Å². The van der Waals surface area contributed by atoms with Crippen LogP contribution in [-0.2, 0) is 5.75 Å². The summed E-state index contributed by atoms with van der Waals surface area (Å²) in [6.07, 6.45) is 0. The smallest absolute Gasteiger partial charge is 0.248 e. The molecule has 9 nitrogen and oxygen atoms in total. The van der Waals surface area contributed by atoms with Crippen molar-refractivity contribution in [3.63, 3.8) is 0 Å². The molecule has 0 saturated carbocycles. The van der Waals surface area contributed by atoms with Crippen molar-refractivity contribution in [2.24, 2.45) is 0 Å². The Balaban J connectivity index is 1.45. The number of thioether (sulfide) groups is 1. The molecule has 0 aliphatic carbocycles.